The van der Waals surface area contributed by atoms with E-state index in [0.29, 0.717) is 28.3 Å². The van der Waals surface area contributed by atoms with E-state index >= 15 is 0 Å². The van der Waals surface area contributed by atoms with Gasteiger partial charge in [-0.05, 0) is 72.3 Å². The second kappa shape index (κ2) is 14.7. The van der Waals surface area contributed by atoms with Crippen LogP contribution in [-0.2, 0) is 4.79 Å². The van der Waals surface area contributed by atoms with Crippen molar-refractivity contribution >= 4 is 46.8 Å². The first-order chi connectivity index (χ1) is 20.8. The van der Waals surface area contributed by atoms with Crippen molar-refractivity contribution in [2.75, 3.05) is 44.3 Å². The van der Waals surface area contributed by atoms with Gasteiger partial charge in [0.05, 0.1) is 20.0 Å². The van der Waals surface area contributed by atoms with Crippen LogP contribution in [0.2, 0.25) is 0 Å². The lowest BCUT2D eigenvalue weighted by Crippen LogP contribution is -2.30. The molecule has 2 N–H and O–H groups in total. The fraction of sp³-hybridized carbons (Fsp3) is 0.147. The molecule has 43 heavy (non-hydrogen) atoms. The molecule has 4 rings (SSSR count). The van der Waals surface area contributed by atoms with Crippen molar-refractivity contribution in [3.63, 3.8) is 0 Å². The highest BCUT2D eigenvalue weighted by Crippen LogP contribution is 2.29. The van der Waals surface area contributed by atoms with Gasteiger partial charge in [0.2, 0.25) is 0 Å². The number of carbonyl (C=O) groups is 3. The van der Waals surface area contributed by atoms with Crippen LogP contribution in [0.5, 0.6) is 11.5 Å². The predicted molar refractivity (Wildman–Crippen MR) is 172 cm³/mol. The van der Waals surface area contributed by atoms with E-state index in [-0.39, 0.29) is 17.2 Å². The van der Waals surface area contributed by atoms with Crippen LogP contribution < -0.4 is 25.0 Å². The lowest BCUT2D eigenvalue weighted by molar-refractivity contribution is -0.113. The molecule has 0 heterocycles. The normalized spacial score (nSPS) is 10.9. The average Bonchev–Trinajstić information content (AvgIpc) is 3.03. The van der Waals surface area contributed by atoms with E-state index in [1.807, 2.05) is 55.4 Å². The second-order valence-corrected chi connectivity index (χ2v) is 10.7. The van der Waals surface area contributed by atoms with E-state index in [2.05, 4.69) is 10.6 Å². The number of nitrogens with one attached hydrogen (secondary N) is 2. The van der Waals surface area contributed by atoms with E-state index in [0.717, 1.165) is 16.1 Å². The fourth-order valence-electron chi connectivity index (χ4n) is 4.08. The number of Topliss-reactive ketones (excluding diaryl/α,β-unsaturated/α-hetero) is 1. The van der Waals surface area contributed by atoms with Gasteiger partial charge in [0.25, 0.3) is 11.8 Å². The summed E-state index contributed by atoms with van der Waals surface area (Å²) in [6.07, 6.45) is 1.63. The van der Waals surface area contributed by atoms with Gasteiger partial charge in [0.1, 0.15) is 5.70 Å². The van der Waals surface area contributed by atoms with Crippen LogP contribution >= 0.6 is 11.8 Å². The molecule has 0 fully saturated rings. The van der Waals surface area contributed by atoms with Gasteiger partial charge in [-0.1, -0.05) is 36.4 Å². The Hall–Kier alpha value is -5.02. The summed E-state index contributed by atoms with van der Waals surface area (Å²) in [5, 5.41) is 5.64. The molecular weight excluding hydrogens is 562 g/mol. The quantitative estimate of drug-likeness (QED) is 0.115. The first-order valence-corrected chi connectivity index (χ1v) is 14.4. The van der Waals surface area contributed by atoms with Gasteiger partial charge in [-0.2, -0.15) is 0 Å². The molecule has 9 heteroatoms. The number of carbonyl (C=O) groups excluding carboxylic acids is 3. The number of methoxy groups -OCH3 is 2. The molecule has 0 saturated heterocycles. The lowest BCUT2D eigenvalue weighted by atomic mass is 10.1. The Bertz CT molecular complexity index is 1620. The van der Waals surface area contributed by atoms with Crippen molar-refractivity contribution in [1.82, 2.24) is 5.32 Å². The van der Waals surface area contributed by atoms with Gasteiger partial charge < -0.3 is 25.0 Å². The number of nitrogens with zero attached hydrogens (tertiary/aromatic N) is 1. The van der Waals surface area contributed by atoms with Gasteiger partial charge in [-0.15, -0.1) is 11.8 Å². The van der Waals surface area contributed by atoms with Gasteiger partial charge in [-0.25, -0.2) is 0 Å². The fourth-order valence-corrected chi connectivity index (χ4v) is 4.93. The van der Waals surface area contributed by atoms with Crippen molar-refractivity contribution in [2.45, 2.75) is 4.90 Å². The van der Waals surface area contributed by atoms with Crippen molar-refractivity contribution in [1.29, 1.82) is 0 Å². The van der Waals surface area contributed by atoms with Gasteiger partial charge in [-0.3, -0.25) is 14.4 Å². The molecule has 0 aliphatic carbocycles. The Balaban J connectivity index is 1.49. The van der Waals surface area contributed by atoms with Crippen molar-refractivity contribution in [3.05, 3.63) is 119 Å². The first kappa shape index (κ1) is 30.9. The van der Waals surface area contributed by atoms with E-state index in [1.54, 1.807) is 73.8 Å². The van der Waals surface area contributed by atoms with Gasteiger partial charge in [0, 0.05) is 41.5 Å². The molecule has 0 radical (unpaired) electrons. The van der Waals surface area contributed by atoms with Crippen LogP contribution in [0.15, 0.2) is 108 Å². The Morgan fingerprint density at radius 2 is 1.51 bits per heavy atom. The molecule has 4 aromatic carbocycles. The van der Waals surface area contributed by atoms with E-state index in [4.69, 9.17) is 9.47 Å². The Kier molecular flexibility index (Phi) is 10.6. The topological polar surface area (TPSA) is 97.0 Å². The molecule has 0 aliphatic heterocycles. The van der Waals surface area contributed by atoms with E-state index in [9.17, 15) is 14.4 Å². The number of rotatable bonds is 12. The number of anilines is 2. The lowest BCUT2D eigenvalue weighted by Gasteiger charge is -2.14. The highest BCUT2D eigenvalue weighted by atomic mass is 32.2. The standard InChI is InChI=1S/C34H33N3O5S/c1-37(2)27-16-13-23(14-17-27)19-29(36-33(39)24-9-6-5-7-10-24)34(40)35-26-11-8-12-28(21-26)43-22-30(38)25-15-18-31(41-3)32(20-25)42-4/h5-21H,22H2,1-4H3,(H,35,40)(H,36,39)/b29-19-. The summed E-state index contributed by atoms with van der Waals surface area (Å²) in [6.45, 7) is 0. The Morgan fingerprint density at radius 1 is 0.791 bits per heavy atom. The highest BCUT2D eigenvalue weighted by molar-refractivity contribution is 8.00. The molecule has 2 amide bonds. The number of benzene rings is 4. The maximum Gasteiger partial charge on any atom is 0.272 e. The van der Waals surface area contributed by atoms with Crippen molar-refractivity contribution in [2.24, 2.45) is 0 Å². The minimum absolute atomic E-state index is 0.0745. The molecule has 8 nitrogen and oxygen atoms in total. The Labute approximate surface area is 255 Å². The molecule has 0 aliphatic rings. The summed E-state index contributed by atoms with van der Waals surface area (Å²) < 4.78 is 10.6. The molecule has 4 aromatic rings. The number of thioether (sulfide) groups is 1. The molecule has 0 saturated carbocycles. The van der Waals surface area contributed by atoms with Crippen LogP contribution in [0.4, 0.5) is 11.4 Å². The number of amides is 2. The van der Waals surface area contributed by atoms with Crippen LogP contribution in [-0.4, -0.2) is 51.7 Å². The van der Waals surface area contributed by atoms with Crippen LogP contribution in [0.25, 0.3) is 6.08 Å². The second-order valence-electron chi connectivity index (χ2n) is 9.63. The maximum atomic E-state index is 13.4. The maximum absolute atomic E-state index is 13.4. The minimum atomic E-state index is -0.482. The minimum Gasteiger partial charge on any atom is -0.493 e. The van der Waals surface area contributed by atoms with Crippen molar-refractivity contribution < 1.29 is 23.9 Å². The predicted octanol–water partition coefficient (Wildman–Crippen LogP) is 6.15. The molecule has 0 bridgehead atoms. The SMILES string of the molecule is COc1ccc(C(=O)CSc2cccc(NC(=O)/C(=C/c3ccc(N(C)C)cc3)NC(=O)c3ccccc3)c2)cc1OC. The summed E-state index contributed by atoms with van der Waals surface area (Å²) in [7, 11) is 6.96. The summed E-state index contributed by atoms with van der Waals surface area (Å²) >= 11 is 1.35. The molecular formula is C34H33N3O5S. The molecule has 0 atom stereocenters. The molecule has 0 aromatic heterocycles. The van der Waals surface area contributed by atoms with Crippen LogP contribution in [0, 0.1) is 0 Å². The van der Waals surface area contributed by atoms with Crippen molar-refractivity contribution in [3.8, 4) is 11.5 Å². The number of ketones is 1. The zero-order valence-corrected chi connectivity index (χ0v) is 25.2. The third kappa shape index (κ3) is 8.50. The summed E-state index contributed by atoms with van der Waals surface area (Å²) in [4.78, 5) is 42.0. The molecule has 0 spiro atoms. The van der Waals surface area contributed by atoms with E-state index in [1.165, 1.54) is 18.9 Å². The third-order valence-corrected chi connectivity index (χ3v) is 7.41. The summed E-state index contributed by atoms with van der Waals surface area (Å²) in [6, 6.07) is 28.6. The van der Waals surface area contributed by atoms with Gasteiger partial charge >= 0.3 is 0 Å². The largest absolute Gasteiger partial charge is 0.493 e. The summed E-state index contributed by atoms with van der Waals surface area (Å²) in [5.41, 5.74) is 3.32. The number of hydrogen-bond donors (Lipinski definition) is 2. The van der Waals surface area contributed by atoms with Crippen LogP contribution in [0.3, 0.4) is 0 Å². The molecule has 0 unspecified atom stereocenters. The number of hydrogen-bond acceptors (Lipinski definition) is 7. The summed E-state index contributed by atoms with van der Waals surface area (Å²) in [5.74, 6) is 0.270. The Morgan fingerprint density at radius 3 is 2.19 bits per heavy atom. The number of ether oxygens (including phenoxy) is 2. The third-order valence-electron chi connectivity index (χ3n) is 6.42. The van der Waals surface area contributed by atoms with Crippen LogP contribution in [0.1, 0.15) is 26.3 Å². The zero-order valence-electron chi connectivity index (χ0n) is 24.4. The molecule has 220 valence electrons. The first-order valence-electron chi connectivity index (χ1n) is 13.4. The smallest absolute Gasteiger partial charge is 0.272 e. The highest BCUT2D eigenvalue weighted by Gasteiger charge is 2.16. The zero-order chi connectivity index (χ0) is 30.8. The van der Waals surface area contributed by atoms with Gasteiger partial charge in [0.15, 0.2) is 17.3 Å². The monoisotopic (exact) mass is 595 g/mol. The van der Waals surface area contributed by atoms with E-state index < -0.39 is 11.8 Å². The average molecular weight is 596 g/mol.